The number of nitrogens with one attached hydrogen (secondary N) is 1. The van der Waals surface area contributed by atoms with Crippen LogP contribution in [0.5, 0.6) is 0 Å². The molecule has 0 aliphatic carbocycles. The number of nitrogens with zero attached hydrogens (tertiary/aromatic N) is 3. The van der Waals surface area contributed by atoms with Crippen molar-refractivity contribution in [1.82, 2.24) is 19.9 Å². The van der Waals surface area contributed by atoms with E-state index < -0.39 is 0 Å². The molecular weight excluding hydrogens is 284 g/mol. The Labute approximate surface area is 126 Å². The van der Waals surface area contributed by atoms with Gasteiger partial charge in [-0.2, -0.15) is 0 Å². The third-order valence-electron chi connectivity index (χ3n) is 3.32. The lowest BCUT2D eigenvalue weighted by Gasteiger charge is -2.04. The van der Waals surface area contributed by atoms with Crippen LogP contribution in [-0.2, 0) is 6.42 Å². The quantitative estimate of drug-likeness (QED) is 0.736. The maximum Gasteiger partial charge on any atom is 0.261 e. The van der Waals surface area contributed by atoms with Crippen molar-refractivity contribution in [1.29, 1.82) is 0 Å². The lowest BCUT2D eigenvalue weighted by atomic mass is 10.2. The van der Waals surface area contributed by atoms with Crippen molar-refractivity contribution >= 4 is 22.9 Å². The molecule has 1 amide bonds. The number of amides is 1. The Bertz CT molecular complexity index is 762. The highest BCUT2D eigenvalue weighted by molar-refractivity contribution is 7.12. The Morgan fingerprint density at radius 1 is 1.33 bits per heavy atom. The highest BCUT2D eigenvalue weighted by Gasteiger charge is 2.10. The highest BCUT2D eigenvalue weighted by atomic mass is 32.1. The van der Waals surface area contributed by atoms with Crippen LogP contribution in [0.4, 0.5) is 0 Å². The van der Waals surface area contributed by atoms with E-state index in [0.29, 0.717) is 6.54 Å². The van der Waals surface area contributed by atoms with Gasteiger partial charge < -0.3 is 5.32 Å². The van der Waals surface area contributed by atoms with Gasteiger partial charge in [-0.25, -0.2) is 0 Å². The van der Waals surface area contributed by atoms with Gasteiger partial charge in [0.25, 0.3) is 5.91 Å². The molecule has 3 heterocycles. The normalized spacial score (nSPS) is 10.9. The number of pyridine rings is 1. The summed E-state index contributed by atoms with van der Waals surface area (Å²) in [6.45, 7) is 2.59. The smallest absolute Gasteiger partial charge is 0.261 e. The summed E-state index contributed by atoms with van der Waals surface area (Å²) in [6.07, 6.45) is 3.58. The van der Waals surface area contributed by atoms with Crippen molar-refractivity contribution < 1.29 is 4.79 Å². The number of aromatic nitrogens is 3. The molecule has 0 fully saturated rings. The van der Waals surface area contributed by atoms with E-state index in [-0.39, 0.29) is 5.91 Å². The van der Waals surface area contributed by atoms with Crippen molar-refractivity contribution in [2.45, 2.75) is 19.8 Å². The van der Waals surface area contributed by atoms with Gasteiger partial charge in [-0.3, -0.25) is 9.20 Å². The Morgan fingerprint density at radius 3 is 3.05 bits per heavy atom. The van der Waals surface area contributed by atoms with Crippen LogP contribution in [-0.4, -0.2) is 27.0 Å². The number of fused-ring (bicyclic) bond motifs is 1. The van der Waals surface area contributed by atoms with Crippen molar-refractivity contribution in [3.63, 3.8) is 0 Å². The van der Waals surface area contributed by atoms with Crippen LogP contribution < -0.4 is 5.32 Å². The van der Waals surface area contributed by atoms with Gasteiger partial charge in [0, 0.05) is 19.2 Å². The van der Waals surface area contributed by atoms with Gasteiger partial charge in [0.15, 0.2) is 5.65 Å². The molecule has 108 valence electrons. The fourth-order valence-corrected chi connectivity index (χ4v) is 3.04. The van der Waals surface area contributed by atoms with Crippen molar-refractivity contribution in [3.8, 4) is 0 Å². The van der Waals surface area contributed by atoms with Gasteiger partial charge in [0.2, 0.25) is 0 Å². The van der Waals surface area contributed by atoms with E-state index in [0.717, 1.165) is 34.8 Å². The second-order valence-corrected chi connectivity index (χ2v) is 5.75. The zero-order chi connectivity index (χ0) is 14.7. The van der Waals surface area contributed by atoms with Crippen molar-refractivity contribution in [2.24, 2.45) is 0 Å². The monoisotopic (exact) mass is 300 g/mol. The first-order valence-electron chi connectivity index (χ1n) is 6.86. The third kappa shape index (κ3) is 2.95. The second-order valence-electron chi connectivity index (χ2n) is 4.84. The molecule has 21 heavy (non-hydrogen) atoms. The molecule has 3 rings (SSSR count). The van der Waals surface area contributed by atoms with Crippen LogP contribution in [0.1, 0.15) is 27.5 Å². The molecule has 0 atom stereocenters. The second kappa shape index (κ2) is 6.05. The summed E-state index contributed by atoms with van der Waals surface area (Å²) in [6, 6.07) is 7.79. The number of carbonyl (C=O) groups is 1. The summed E-state index contributed by atoms with van der Waals surface area (Å²) < 4.78 is 1.98. The minimum absolute atomic E-state index is 0.00796. The van der Waals surface area contributed by atoms with Gasteiger partial charge in [-0.1, -0.05) is 6.07 Å². The molecule has 0 aliphatic rings. The molecule has 5 nitrogen and oxygen atoms in total. The molecule has 0 aromatic carbocycles. The molecule has 0 unspecified atom stereocenters. The van der Waals surface area contributed by atoms with E-state index in [1.165, 1.54) is 11.3 Å². The van der Waals surface area contributed by atoms with E-state index in [4.69, 9.17) is 0 Å². The SMILES string of the molecule is Cc1ccsc1C(=O)NCCCc1nnc2ccccn12. The summed E-state index contributed by atoms with van der Waals surface area (Å²) in [5.74, 6) is 0.931. The lowest BCUT2D eigenvalue weighted by Crippen LogP contribution is -2.24. The average Bonchev–Trinajstić information content (AvgIpc) is 3.10. The number of carbonyl (C=O) groups excluding carboxylic acids is 1. The maximum atomic E-state index is 12.0. The first kappa shape index (κ1) is 13.8. The fraction of sp³-hybridized carbons (Fsp3) is 0.267. The van der Waals surface area contributed by atoms with Gasteiger partial charge >= 0.3 is 0 Å². The number of hydrogen-bond acceptors (Lipinski definition) is 4. The number of aryl methyl sites for hydroxylation is 2. The molecule has 3 aromatic heterocycles. The predicted octanol–water partition coefficient (Wildman–Crippen LogP) is 2.46. The molecule has 0 radical (unpaired) electrons. The fourth-order valence-electron chi connectivity index (χ4n) is 2.20. The van der Waals surface area contributed by atoms with Crippen LogP contribution in [0.3, 0.4) is 0 Å². The van der Waals surface area contributed by atoms with Crippen LogP contribution in [0.25, 0.3) is 5.65 Å². The summed E-state index contributed by atoms with van der Waals surface area (Å²) in [5, 5.41) is 13.2. The van der Waals surface area contributed by atoms with E-state index in [9.17, 15) is 4.79 Å². The van der Waals surface area contributed by atoms with E-state index in [1.54, 1.807) is 0 Å². The first-order chi connectivity index (χ1) is 10.3. The summed E-state index contributed by atoms with van der Waals surface area (Å²) in [4.78, 5) is 12.8. The summed E-state index contributed by atoms with van der Waals surface area (Å²) >= 11 is 1.48. The Kier molecular flexibility index (Phi) is 3.96. The standard InChI is InChI=1S/C15H16N4OS/c1-11-7-10-21-14(11)15(20)16-8-4-6-13-18-17-12-5-2-3-9-19(12)13/h2-3,5,7,9-10H,4,6,8H2,1H3,(H,16,20). The van der Waals surface area contributed by atoms with Crippen LogP contribution in [0.2, 0.25) is 0 Å². The minimum Gasteiger partial charge on any atom is -0.351 e. The molecule has 0 aliphatic heterocycles. The van der Waals surface area contributed by atoms with Gasteiger partial charge in [-0.15, -0.1) is 21.5 Å². The van der Waals surface area contributed by atoms with Gasteiger partial charge in [-0.05, 0) is 42.5 Å². The minimum atomic E-state index is 0.00796. The largest absolute Gasteiger partial charge is 0.351 e. The summed E-state index contributed by atoms with van der Waals surface area (Å²) in [5.41, 5.74) is 1.88. The molecule has 0 spiro atoms. The molecule has 6 heteroatoms. The maximum absolute atomic E-state index is 12.0. The van der Waals surface area contributed by atoms with Gasteiger partial charge in [0.05, 0.1) is 4.88 Å². The number of thiophene rings is 1. The first-order valence-corrected chi connectivity index (χ1v) is 7.74. The Balaban J connectivity index is 1.53. The molecule has 0 saturated carbocycles. The molecule has 1 N–H and O–H groups in total. The Morgan fingerprint density at radius 2 is 2.24 bits per heavy atom. The zero-order valence-electron chi connectivity index (χ0n) is 11.7. The van der Waals surface area contributed by atoms with E-state index >= 15 is 0 Å². The zero-order valence-corrected chi connectivity index (χ0v) is 12.6. The Hall–Kier alpha value is -2.21. The lowest BCUT2D eigenvalue weighted by molar-refractivity contribution is 0.0956. The van der Waals surface area contributed by atoms with Gasteiger partial charge in [0.1, 0.15) is 5.82 Å². The average molecular weight is 300 g/mol. The van der Waals surface area contributed by atoms with E-state index in [1.807, 2.05) is 47.2 Å². The van der Waals surface area contributed by atoms with Crippen LogP contribution >= 0.6 is 11.3 Å². The van der Waals surface area contributed by atoms with Crippen molar-refractivity contribution in [3.05, 3.63) is 52.1 Å². The number of rotatable bonds is 5. The third-order valence-corrected chi connectivity index (χ3v) is 4.33. The topological polar surface area (TPSA) is 59.3 Å². The van der Waals surface area contributed by atoms with Crippen LogP contribution in [0, 0.1) is 6.92 Å². The summed E-state index contributed by atoms with van der Waals surface area (Å²) in [7, 11) is 0. The van der Waals surface area contributed by atoms with E-state index in [2.05, 4.69) is 15.5 Å². The molecule has 0 saturated heterocycles. The number of hydrogen-bond donors (Lipinski definition) is 1. The molecule has 3 aromatic rings. The molecular formula is C15H16N4OS. The highest BCUT2D eigenvalue weighted by Crippen LogP contribution is 2.15. The van der Waals surface area contributed by atoms with Crippen LogP contribution in [0.15, 0.2) is 35.8 Å². The van der Waals surface area contributed by atoms with Crippen molar-refractivity contribution in [2.75, 3.05) is 6.54 Å². The predicted molar refractivity (Wildman–Crippen MR) is 82.7 cm³/mol. The molecule has 0 bridgehead atoms.